The fourth-order valence-corrected chi connectivity index (χ4v) is 2.89. The second-order valence-corrected chi connectivity index (χ2v) is 6.50. The van der Waals surface area contributed by atoms with Crippen LogP contribution in [0.15, 0.2) is 54.7 Å². The summed E-state index contributed by atoms with van der Waals surface area (Å²) in [6, 6.07) is 13.7. The van der Waals surface area contributed by atoms with Gasteiger partial charge in [0.25, 0.3) is 0 Å². The van der Waals surface area contributed by atoms with Crippen molar-refractivity contribution in [1.82, 2.24) is 15.1 Å². The van der Waals surface area contributed by atoms with Crippen LogP contribution in [0.4, 0.5) is 4.39 Å². The van der Waals surface area contributed by atoms with Crippen LogP contribution in [0.1, 0.15) is 18.9 Å². The van der Waals surface area contributed by atoms with E-state index < -0.39 is 0 Å². The lowest BCUT2D eigenvalue weighted by Gasteiger charge is -2.09. The van der Waals surface area contributed by atoms with Crippen LogP contribution in [-0.4, -0.2) is 27.5 Å². The molecule has 6 heteroatoms. The summed E-state index contributed by atoms with van der Waals surface area (Å²) < 4.78 is 14.9. The van der Waals surface area contributed by atoms with Crippen molar-refractivity contribution in [1.29, 1.82) is 0 Å². The molecule has 0 bridgehead atoms. The fourth-order valence-electron chi connectivity index (χ4n) is 2.66. The molecule has 0 spiro atoms. The lowest BCUT2D eigenvalue weighted by atomic mass is 10.1. The topological polar surface area (TPSA) is 50.1 Å². The minimum absolute atomic E-state index is 0.289. The van der Waals surface area contributed by atoms with Crippen molar-refractivity contribution in [2.75, 3.05) is 6.54 Å². The Kier molecular flexibility index (Phi) is 6.04. The molecular formula is C20H21ClFN3O. The van der Waals surface area contributed by atoms with E-state index in [1.165, 1.54) is 12.1 Å². The van der Waals surface area contributed by atoms with E-state index in [1.54, 1.807) is 16.8 Å². The van der Waals surface area contributed by atoms with Crippen molar-refractivity contribution in [2.45, 2.75) is 26.0 Å². The molecule has 3 rings (SSSR count). The van der Waals surface area contributed by atoms with Gasteiger partial charge in [-0.15, -0.1) is 0 Å². The standard InChI is InChI=1S/C20H21ClFN3O/c1-2-17(26)12-23-11-14-13-25(16-9-7-15(22)8-10-16)24-20(14)18-5-3-4-6-19(18)21/h3-10,13,17,23,26H,2,11-12H2,1H3. The van der Waals surface area contributed by atoms with E-state index in [9.17, 15) is 9.50 Å². The Hall–Kier alpha value is -2.21. The van der Waals surface area contributed by atoms with Gasteiger partial charge in [0.1, 0.15) is 5.82 Å². The predicted octanol–water partition coefficient (Wildman–Crippen LogP) is 4.19. The second-order valence-electron chi connectivity index (χ2n) is 6.10. The molecule has 0 saturated carbocycles. The van der Waals surface area contributed by atoms with Crippen molar-refractivity contribution in [3.63, 3.8) is 0 Å². The monoisotopic (exact) mass is 373 g/mol. The molecule has 2 N–H and O–H groups in total. The molecule has 1 heterocycles. The number of nitrogens with zero attached hydrogens (tertiary/aromatic N) is 2. The van der Waals surface area contributed by atoms with E-state index in [1.807, 2.05) is 37.4 Å². The Morgan fingerprint density at radius 2 is 1.92 bits per heavy atom. The van der Waals surface area contributed by atoms with E-state index in [-0.39, 0.29) is 11.9 Å². The first-order valence-electron chi connectivity index (χ1n) is 8.56. The molecule has 0 aliphatic heterocycles. The van der Waals surface area contributed by atoms with Crippen LogP contribution in [0.25, 0.3) is 16.9 Å². The molecule has 0 fully saturated rings. The first-order chi connectivity index (χ1) is 12.6. The summed E-state index contributed by atoms with van der Waals surface area (Å²) in [6.07, 6.45) is 2.21. The lowest BCUT2D eigenvalue weighted by molar-refractivity contribution is 0.167. The van der Waals surface area contributed by atoms with Gasteiger partial charge in [0.15, 0.2) is 0 Å². The minimum atomic E-state index is -0.383. The minimum Gasteiger partial charge on any atom is -0.392 e. The molecule has 136 valence electrons. The molecule has 0 aliphatic carbocycles. The number of aliphatic hydroxyl groups is 1. The number of benzene rings is 2. The highest BCUT2D eigenvalue weighted by molar-refractivity contribution is 6.33. The predicted molar refractivity (Wildman–Crippen MR) is 102 cm³/mol. The van der Waals surface area contributed by atoms with Crippen LogP contribution in [0.5, 0.6) is 0 Å². The van der Waals surface area contributed by atoms with E-state index in [2.05, 4.69) is 10.4 Å². The van der Waals surface area contributed by atoms with E-state index in [4.69, 9.17) is 11.6 Å². The summed E-state index contributed by atoms with van der Waals surface area (Å²) in [7, 11) is 0. The Labute approximate surface area is 157 Å². The first-order valence-corrected chi connectivity index (χ1v) is 8.94. The Balaban J connectivity index is 1.94. The zero-order chi connectivity index (χ0) is 18.5. The number of halogens is 2. The molecule has 0 radical (unpaired) electrons. The molecule has 4 nitrogen and oxygen atoms in total. The summed E-state index contributed by atoms with van der Waals surface area (Å²) in [5.74, 6) is -0.289. The van der Waals surface area contributed by atoms with Crippen molar-refractivity contribution in [3.8, 4) is 16.9 Å². The maximum absolute atomic E-state index is 13.2. The second kappa shape index (κ2) is 8.45. The third-order valence-corrected chi connectivity index (χ3v) is 4.51. The van der Waals surface area contributed by atoms with Crippen LogP contribution >= 0.6 is 11.6 Å². The zero-order valence-corrected chi connectivity index (χ0v) is 15.2. The maximum atomic E-state index is 13.2. The molecule has 1 aromatic heterocycles. The normalized spacial score (nSPS) is 12.3. The largest absolute Gasteiger partial charge is 0.392 e. The molecule has 1 atom stereocenters. The molecule has 3 aromatic rings. The van der Waals surface area contributed by atoms with Crippen LogP contribution in [0.3, 0.4) is 0 Å². The summed E-state index contributed by atoms with van der Waals surface area (Å²) in [5.41, 5.74) is 3.31. The summed E-state index contributed by atoms with van der Waals surface area (Å²) in [6.45, 7) is 2.98. The third-order valence-electron chi connectivity index (χ3n) is 4.18. The van der Waals surface area contributed by atoms with Gasteiger partial charge in [-0.05, 0) is 36.8 Å². The molecule has 0 saturated heterocycles. The smallest absolute Gasteiger partial charge is 0.123 e. The fraction of sp³-hybridized carbons (Fsp3) is 0.250. The van der Waals surface area contributed by atoms with Crippen LogP contribution in [0.2, 0.25) is 5.02 Å². The van der Waals surface area contributed by atoms with Gasteiger partial charge >= 0.3 is 0 Å². The molecule has 0 amide bonds. The van der Waals surface area contributed by atoms with Gasteiger partial charge in [0.2, 0.25) is 0 Å². The van der Waals surface area contributed by atoms with Crippen LogP contribution < -0.4 is 5.32 Å². The van der Waals surface area contributed by atoms with Gasteiger partial charge in [-0.1, -0.05) is 36.7 Å². The number of rotatable bonds is 7. The van der Waals surface area contributed by atoms with Gasteiger partial charge < -0.3 is 10.4 Å². The average Bonchev–Trinajstić information content (AvgIpc) is 3.06. The van der Waals surface area contributed by atoms with E-state index in [0.29, 0.717) is 24.5 Å². The van der Waals surface area contributed by atoms with E-state index in [0.717, 1.165) is 22.5 Å². The third kappa shape index (κ3) is 4.30. The van der Waals surface area contributed by atoms with E-state index >= 15 is 0 Å². The van der Waals surface area contributed by atoms with Crippen molar-refractivity contribution < 1.29 is 9.50 Å². The SMILES string of the molecule is CCC(O)CNCc1cn(-c2ccc(F)cc2)nc1-c1ccccc1Cl. The van der Waals surface area contributed by atoms with Gasteiger partial charge in [-0.3, -0.25) is 0 Å². The Morgan fingerprint density at radius 1 is 1.19 bits per heavy atom. The molecule has 2 aromatic carbocycles. The first kappa shape index (κ1) is 18.6. The van der Waals surface area contributed by atoms with Gasteiger partial charge in [-0.25, -0.2) is 9.07 Å². The van der Waals surface area contributed by atoms with Crippen molar-refractivity contribution in [2.24, 2.45) is 0 Å². The highest BCUT2D eigenvalue weighted by Crippen LogP contribution is 2.30. The van der Waals surface area contributed by atoms with Crippen LogP contribution in [-0.2, 0) is 6.54 Å². The Bertz CT molecular complexity index is 864. The van der Waals surface area contributed by atoms with Gasteiger partial charge in [0.05, 0.1) is 22.5 Å². The van der Waals surface area contributed by atoms with Crippen molar-refractivity contribution in [3.05, 3.63) is 71.1 Å². The zero-order valence-electron chi connectivity index (χ0n) is 14.5. The lowest BCUT2D eigenvalue weighted by Crippen LogP contribution is -2.25. The van der Waals surface area contributed by atoms with Crippen molar-refractivity contribution >= 4 is 11.6 Å². The summed E-state index contributed by atoms with van der Waals surface area (Å²) in [5, 5.41) is 18.3. The number of aliphatic hydroxyl groups excluding tert-OH is 1. The van der Waals surface area contributed by atoms with Gasteiger partial charge in [-0.2, -0.15) is 5.10 Å². The highest BCUT2D eigenvalue weighted by atomic mass is 35.5. The number of aromatic nitrogens is 2. The van der Waals surface area contributed by atoms with Gasteiger partial charge in [0, 0.05) is 30.4 Å². The molecular weight excluding hydrogens is 353 g/mol. The van der Waals surface area contributed by atoms with Crippen LogP contribution in [0, 0.1) is 5.82 Å². The average molecular weight is 374 g/mol. The molecule has 1 unspecified atom stereocenters. The number of nitrogens with one attached hydrogen (secondary N) is 1. The maximum Gasteiger partial charge on any atom is 0.123 e. The number of hydrogen-bond donors (Lipinski definition) is 2. The highest BCUT2D eigenvalue weighted by Gasteiger charge is 2.15. The number of hydrogen-bond acceptors (Lipinski definition) is 3. The Morgan fingerprint density at radius 3 is 2.62 bits per heavy atom. The molecule has 0 aliphatic rings. The summed E-state index contributed by atoms with van der Waals surface area (Å²) >= 11 is 6.35. The summed E-state index contributed by atoms with van der Waals surface area (Å²) in [4.78, 5) is 0. The molecule has 26 heavy (non-hydrogen) atoms. The quantitative estimate of drug-likeness (QED) is 0.652.